The van der Waals surface area contributed by atoms with Crippen molar-refractivity contribution in [3.05, 3.63) is 59.7 Å². The molecule has 7 heteroatoms. The summed E-state index contributed by atoms with van der Waals surface area (Å²) < 4.78 is 2.00. The molecule has 144 valence electrons. The molecule has 0 saturated heterocycles. The summed E-state index contributed by atoms with van der Waals surface area (Å²) in [5.41, 5.74) is 3.55. The van der Waals surface area contributed by atoms with E-state index in [0.29, 0.717) is 6.54 Å². The fourth-order valence-electron chi connectivity index (χ4n) is 3.16. The second kappa shape index (κ2) is 8.94. The average molecular weight is 368 g/mol. The third-order valence-corrected chi connectivity index (χ3v) is 4.83. The van der Waals surface area contributed by atoms with Gasteiger partial charge in [0.15, 0.2) is 0 Å². The molecule has 3 heterocycles. The summed E-state index contributed by atoms with van der Waals surface area (Å²) in [6, 6.07) is 12.1. The van der Waals surface area contributed by atoms with Crippen LogP contribution in [0.4, 0.5) is 5.82 Å². The van der Waals surface area contributed by atoms with Gasteiger partial charge >= 0.3 is 0 Å². The van der Waals surface area contributed by atoms with Gasteiger partial charge in [-0.2, -0.15) is 0 Å². The van der Waals surface area contributed by atoms with Crippen LogP contribution in [0.3, 0.4) is 0 Å². The van der Waals surface area contributed by atoms with Crippen LogP contribution in [0.1, 0.15) is 30.0 Å². The van der Waals surface area contributed by atoms with Crippen molar-refractivity contribution in [2.45, 2.75) is 26.1 Å². The number of likely N-dealkylation sites (N-methyl/N-ethyl adjacent to an activating group) is 1. The number of rotatable bonds is 9. The first kappa shape index (κ1) is 19.3. The third kappa shape index (κ3) is 4.27. The third-order valence-electron chi connectivity index (χ3n) is 4.83. The maximum atomic E-state index is 10.0. The summed E-state index contributed by atoms with van der Waals surface area (Å²) in [6.07, 6.45) is 1.81. The van der Waals surface area contributed by atoms with Gasteiger partial charge in [-0.3, -0.25) is 14.3 Å². The Balaban J connectivity index is 1.87. The van der Waals surface area contributed by atoms with E-state index in [1.165, 1.54) is 0 Å². The molecule has 0 radical (unpaired) electrons. The zero-order valence-electron chi connectivity index (χ0n) is 16.2. The summed E-state index contributed by atoms with van der Waals surface area (Å²) in [5.74, 6) is 0.936. The Morgan fingerprint density at radius 3 is 2.74 bits per heavy atom. The molecule has 3 N–H and O–H groups in total. The van der Waals surface area contributed by atoms with Crippen LogP contribution in [0.25, 0.3) is 5.65 Å². The molecule has 0 bridgehead atoms. The molecule has 3 aromatic rings. The predicted octanol–water partition coefficient (Wildman–Crippen LogP) is 2.05. The van der Waals surface area contributed by atoms with Crippen molar-refractivity contribution in [1.29, 1.82) is 0 Å². The van der Waals surface area contributed by atoms with E-state index < -0.39 is 0 Å². The van der Waals surface area contributed by atoms with Crippen molar-refractivity contribution in [2.24, 2.45) is 0 Å². The summed E-state index contributed by atoms with van der Waals surface area (Å²) in [5, 5.41) is 16.6. The fourth-order valence-corrected chi connectivity index (χ4v) is 3.16. The van der Waals surface area contributed by atoms with Crippen molar-refractivity contribution in [3.63, 3.8) is 0 Å². The molecule has 0 unspecified atom stereocenters. The smallest absolute Gasteiger partial charge is 0.138 e. The zero-order chi connectivity index (χ0) is 19.2. The fraction of sp³-hybridized carbons (Fsp3) is 0.400. The molecule has 0 aliphatic rings. The van der Waals surface area contributed by atoms with Gasteiger partial charge in [0, 0.05) is 31.9 Å². The van der Waals surface area contributed by atoms with Gasteiger partial charge < -0.3 is 15.7 Å². The van der Waals surface area contributed by atoms with Crippen LogP contribution < -0.4 is 10.6 Å². The van der Waals surface area contributed by atoms with E-state index in [-0.39, 0.29) is 12.6 Å². The van der Waals surface area contributed by atoms with E-state index >= 15 is 0 Å². The number of fused-ring (bicyclic) bond motifs is 1. The second-order valence-corrected chi connectivity index (χ2v) is 6.64. The summed E-state index contributed by atoms with van der Waals surface area (Å²) >= 11 is 0. The van der Waals surface area contributed by atoms with E-state index in [0.717, 1.165) is 41.6 Å². The molecule has 3 aromatic heterocycles. The highest BCUT2D eigenvalue weighted by molar-refractivity contribution is 5.53. The summed E-state index contributed by atoms with van der Waals surface area (Å²) in [6.45, 7) is 4.35. The lowest BCUT2D eigenvalue weighted by Crippen LogP contribution is -2.23. The van der Waals surface area contributed by atoms with Crippen LogP contribution in [0.2, 0.25) is 0 Å². The quantitative estimate of drug-likeness (QED) is 0.502. The topological polar surface area (TPSA) is 77.7 Å². The Kier molecular flexibility index (Phi) is 6.39. The molecular formula is C20H28N6O. The Bertz CT molecular complexity index is 864. The van der Waals surface area contributed by atoms with Gasteiger partial charge in [0.1, 0.15) is 11.5 Å². The van der Waals surface area contributed by atoms with Crippen molar-refractivity contribution in [2.75, 3.05) is 32.5 Å². The number of imidazole rings is 1. The Labute approximate surface area is 160 Å². The molecule has 27 heavy (non-hydrogen) atoms. The van der Waals surface area contributed by atoms with E-state index in [2.05, 4.69) is 34.5 Å². The zero-order valence-corrected chi connectivity index (χ0v) is 16.2. The molecule has 3 rings (SSSR count). The minimum absolute atomic E-state index is 0.0625. The Morgan fingerprint density at radius 2 is 2.04 bits per heavy atom. The number of hydrogen-bond donors (Lipinski definition) is 3. The van der Waals surface area contributed by atoms with Gasteiger partial charge in [-0.15, -0.1) is 0 Å². The van der Waals surface area contributed by atoms with Crippen molar-refractivity contribution in [3.8, 4) is 0 Å². The van der Waals surface area contributed by atoms with E-state index in [9.17, 15) is 5.11 Å². The van der Waals surface area contributed by atoms with Crippen LogP contribution in [0.5, 0.6) is 0 Å². The molecular weight excluding hydrogens is 340 g/mol. The minimum Gasteiger partial charge on any atom is -0.390 e. The number of nitrogens with one attached hydrogen (secondary N) is 2. The van der Waals surface area contributed by atoms with Gasteiger partial charge in [-0.05, 0) is 45.3 Å². The lowest BCUT2D eigenvalue weighted by molar-refractivity contribution is 0.238. The maximum Gasteiger partial charge on any atom is 0.138 e. The number of aromatic nitrogens is 3. The molecule has 0 saturated carbocycles. The second-order valence-electron chi connectivity index (χ2n) is 6.64. The van der Waals surface area contributed by atoms with Crippen LogP contribution in [-0.2, 0) is 13.2 Å². The Hall–Kier alpha value is -2.48. The van der Waals surface area contributed by atoms with Crippen LogP contribution in [0.15, 0.2) is 42.6 Å². The highest BCUT2D eigenvalue weighted by atomic mass is 16.3. The van der Waals surface area contributed by atoms with Crippen LogP contribution >= 0.6 is 0 Å². The van der Waals surface area contributed by atoms with Crippen molar-refractivity contribution >= 4 is 11.5 Å². The van der Waals surface area contributed by atoms with Gasteiger partial charge in [0.25, 0.3) is 0 Å². The molecule has 0 aromatic carbocycles. The number of anilines is 1. The lowest BCUT2D eigenvalue weighted by atomic mass is 10.2. The van der Waals surface area contributed by atoms with E-state index in [1.807, 2.05) is 54.0 Å². The number of aliphatic hydroxyl groups is 1. The van der Waals surface area contributed by atoms with Crippen molar-refractivity contribution in [1.82, 2.24) is 24.6 Å². The monoisotopic (exact) mass is 368 g/mol. The summed E-state index contributed by atoms with van der Waals surface area (Å²) in [4.78, 5) is 11.4. The molecule has 1 atom stereocenters. The van der Waals surface area contributed by atoms with Crippen LogP contribution in [0, 0.1) is 0 Å². The van der Waals surface area contributed by atoms with E-state index in [4.69, 9.17) is 4.98 Å². The van der Waals surface area contributed by atoms with Gasteiger partial charge in [-0.25, -0.2) is 4.98 Å². The highest BCUT2D eigenvalue weighted by Gasteiger charge is 2.19. The number of hydrogen-bond acceptors (Lipinski definition) is 6. The normalized spacial score (nSPS) is 12.6. The first-order chi connectivity index (χ1) is 13.2. The summed E-state index contributed by atoms with van der Waals surface area (Å²) in [7, 11) is 3.98. The van der Waals surface area contributed by atoms with E-state index in [1.54, 1.807) is 0 Å². The predicted molar refractivity (Wildman–Crippen MR) is 108 cm³/mol. The first-order valence-electron chi connectivity index (χ1n) is 9.25. The molecule has 0 aliphatic heterocycles. The van der Waals surface area contributed by atoms with Crippen molar-refractivity contribution < 1.29 is 5.11 Å². The van der Waals surface area contributed by atoms with Gasteiger partial charge in [0.05, 0.1) is 23.7 Å². The first-order valence-corrected chi connectivity index (χ1v) is 9.25. The minimum atomic E-state index is -0.0625. The highest BCUT2D eigenvalue weighted by Crippen LogP contribution is 2.23. The molecule has 7 nitrogen and oxygen atoms in total. The van der Waals surface area contributed by atoms with Gasteiger partial charge in [0.2, 0.25) is 0 Å². The standard InChI is InChI=1S/C20H28N6O/c1-15(16-7-4-5-10-22-16)25(3)13-17-18(14-27)26-19(23-12-11-21-2)8-6-9-20(26)24-17/h4-10,15,21,23,27H,11-14H2,1-3H3/t15-/m0/s1. The molecule has 0 fully saturated rings. The number of aliphatic hydroxyl groups excluding tert-OH is 1. The maximum absolute atomic E-state index is 10.0. The Morgan fingerprint density at radius 1 is 1.19 bits per heavy atom. The SMILES string of the molecule is CNCCNc1cccc2nc(CN(C)[C@@H](C)c3ccccn3)c(CO)n12. The van der Waals surface area contributed by atoms with Crippen LogP contribution in [-0.4, -0.2) is 51.6 Å². The molecule has 0 amide bonds. The largest absolute Gasteiger partial charge is 0.390 e. The number of pyridine rings is 2. The average Bonchev–Trinajstić information content (AvgIpc) is 3.06. The molecule has 0 aliphatic carbocycles. The lowest BCUT2D eigenvalue weighted by Gasteiger charge is -2.23. The molecule has 0 spiro atoms. The number of nitrogens with zero attached hydrogens (tertiary/aromatic N) is 4. The van der Waals surface area contributed by atoms with Gasteiger partial charge in [-0.1, -0.05) is 12.1 Å².